The fourth-order valence-corrected chi connectivity index (χ4v) is 3.98. The van der Waals surface area contributed by atoms with Gasteiger partial charge in [-0.2, -0.15) is 0 Å². The lowest BCUT2D eigenvalue weighted by Crippen LogP contribution is -2.41. The van der Waals surface area contributed by atoms with Gasteiger partial charge in [-0.15, -0.1) is 0 Å². The molecule has 1 aliphatic rings. The van der Waals surface area contributed by atoms with E-state index in [1.165, 1.54) is 19.3 Å². The summed E-state index contributed by atoms with van der Waals surface area (Å²) < 4.78 is 0. The van der Waals surface area contributed by atoms with E-state index in [2.05, 4.69) is 68.4 Å². The van der Waals surface area contributed by atoms with E-state index >= 15 is 0 Å². The summed E-state index contributed by atoms with van der Waals surface area (Å²) in [5.74, 6) is 3.27. The van der Waals surface area contributed by atoms with Gasteiger partial charge in [0.2, 0.25) is 0 Å². The third-order valence-corrected chi connectivity index (χ3v) is 6.70. The molecule has 0 aromatic carbocycles. The first-order chi connectivity index (χ1) is 9.06. The predicted octanol–water partition coefficient (Wildman–Crippen LogP) is 6.71. The molecule has 0 nitrogen and oxygen atoms in total. The van der Waals surface area contributed by atoms with Crippen LogP contribution in [0, 0.1) is 34.5 Å². The van der Waals surface area contributed by atoms with Crippen LogP contribution in [-0.4, -0.2) is 0 Å². The van der Waals surface area contributed by atoms with Crippen LogP contribution in [0.2, 0.25) is 0 Å². The molecule has 20 heavy (non-hydrogen) atoms. The van der Waals surface area contributed by atoms with Gasteiger partial charge >= 0.3 is 0 Å². The van der Waals surface area contributed by atoms with E-state index in [1.54, 1.807) is 5.57 Å². The van der Waals surface area contributed by atoms with Gasteiger partial charge in [0.1, 0.15) is 0 Å². The lowest BCUT2D eigenvalue weighted by Gasteiger charge is -2.52. The molecule has 1 fully saturated rings. The van der Waals surface area contributed by atoms with Crippen LogP contribution in [0.1, 0.15) is 81.6 Å². The summed E-state index contributed by atoms with van der Waals surface area (Å²) in [6.07, 6.45) is 6.51. The molecule has 0 amide bonds. The molecule has 1 rings (SSSR count). The molecule has 0 heterocycles. The Hall–Kier alpha value is -0.260. The molecule has 0 bridgehead atoms. The fraction of sp³-hybridized carbons (Fsp3) is 0.900. The molecule has 0 N–H and O–H groups in total. The minimum Gasteiger partial charge on any atom is -0.0879 e. The second-order valence-corrected chi connectivity index (χ2v) is 8.78. The molecule has 0 saturated heterocycles. The van der Waals surface area contributed by atoms with Crippen LogP contribution in [0.5, 0.6) is 0 Å². The number of allylic oxidation sites excluding steroid dienone is 2. The summed E-state index contributed by atoms with van der Waals surface area (Å²) >= 11 is 0. The Morgan fingerprint density at radius 1 is 1.10 bits per heavy atom. The van der Waals surface area contributed by atoms with E-state index in [0.29, 0.717) is 10.8 Å². The maximum atomic E-state index is 2.50. The van der Waals surface area contributed by atoms with Crippen molar-refractivity contribution in [2.24, 2.45) is 34.5 Å². The average molecular weight is 279 g/mol. The van der Waals surface area contributed by atoms with E-state index < -0.39 is 0 Å². The summed E-state index contributed by atoms with van der Waals surface area (Å²) in [7, 11) is 0. The average Bonchev–Trinajstić information content (AvgIpc) is 2.30. The molecule has 0 spiro atoms. The highest BCUT2D eigenvalue weighted by atomic mass is 14.5. The Bertz CT molecular complexity index is 329. The van der Waals surface area contributed by atoms with Gasteiger partial charge in [0, 0.05) is 0 Å². The fourth-order valence-electron chi connectivity index (χ4n) is 3.98. The topological polar surface area (TPSA) is 0 Å². The highest BCUT2D eigenvalue weighted by Gasteiger charge is 2.45. The highest BCUT2D eigenvalue weighted by Crippen LogP contribution is 2.56. The summed E-state index contributed by atoms with van der Waals surface area (Å²) in [4.78, 5) is 0. The van der Waals surface area contributed by atoms with E-state index in [1.807, 2.05) is 0 Å². The summed E-state index contributed by atoms with van der Waals surface area (Å²) in [6.45, 7) is 21.6. The Kier molecular flexibility index (Phi) is 5.55. The van der Waals surface area contributed by atoms with Crippen LogP contribution in [0.15, 0.2) is 11.6 Å². The van der Waals surface area contributed by atoms with Crippen LogP contribution in [-0.2, 0) is 0 Å². The molecule has 1 saturated carbocycles. The molecule has 0 radical (unpaired) electrons. The maximum Gasteiger partial charge on any atom is -0.0111 e. The van der Waals surface area contributed by atoms with E-state index in [9.17, 15) is 0 Å². The monoisotopic (exact) mass is 278 g/mol. The third-order valence-electron chi connectivity index (χ3n) is 6.70. The number of hydrogen-bond acceptors (Lipinski definition) is 0. The van der Waals surface area contributed by atoms with Gasteiger partial charge in [0.15, 0.2) is 0 Å². The van der Waals surface area contributed by atoms with Crippen molar-refractivity contribution >= 4 is 0 Å². The van der Waals surface area contributed by atoms with Crippen molar-refractivity contribution in [3.05, 3.63) is 11.6 Å². The van der Waals surface area contributed by atoms with Crippen molar-refractivity contribution in [1.82, 2.24) is 0 Å². The van der Waals surface area contributed by atoms with E-state index in [4.69, 9.17) is 0 Å². The Morgan fingerprint density at radius 2 is 1.55 bits per heavy atom. The van der Waals surface area contributed by atoms with Crippen molar-refractivity contribution in [1.29, 1.82) is 0 Å². The van der Waals surface area contributed by atoms with E-state index in [-0.39, 0.29) is 0 Å². The molecule has 0 atom stereocenters. The number of hydrogen-bond donors (Lipinski definition) is 0. The molecule has 118 valence electrons. The van der Waals surface area contributed by atoms with Crippen molar-refractivity contribution in [3.63, 3.8) is 0 Å². The zero-order valence-electron chi connectivity index (χ0n) is 15.5. The molecular formula is C20H38. The summed E-state index contributed by atoms with van der Waals surface area (Å²) in [5, 5.41) is 0. The predicted molar refractivity (Wildman–Crippen MR) is 91.8 cm³/mol. The first-order valence-electron chi connectivity index (χ1n) is 8.72. The second-order valence-electron chi connectivity index (χ2n) is 8.78. The van der Waals surface area contributed by atoms with Gasteiger partial charge in [0.05, 0.1) is 0 Å². The van der Waals surface area contributed by atoms with Crippen LogP contribution < -0.4 is 0 Å². The Balaban J connectivity index is 2.84. The van der Waals surface area contributed by atoms with Gasteiger partial charge in [-0.05, 0) is 60.7 Å². The normalized spacial score (nSPS) is 28.4. The molecule has 0 aromatic rings. The molecule has 0 unspecified atom stereocenters. The zero-order chi connectivity index (χ0) is 15.7. The van der Waals surface area contributed by atoms with Gasteiger partial charge in [-0.1, -0.05) is 67.0 Å². The molecule has 0 heteroatoms. The quantitative estimate of drug-likeness (QED) is 0.473. The van der Waals surface area contributed by atoms with Crippen LogP contribution in [0.25, 0.3) is 0 Å². The third kappa shape index (κ3) is 3.31. The molecular weight excluding hydrogens is 240 g/mol. The van der Waals surface area contributed by atoms with Gasteiger partial charge in [0.25, 0.3) is 0 Å². The SMILES string of the molecule is C/C=C(\CC(C)(C(C)C)C(C)C)C1(C)CC(C(C)C)C1. The largest absolute Gasteiger partial charge is 0.0879 e. The first kappa shape index (κ1) is 17.8. The highest BCUT2D eigenvalue weighted by molar-refractivity contribution is 5.20. The van der Waals surface area contributed by atoms with Crippen molar-refractivity contribution in [3.8, 4) is 0 Å². The van der Waals surface area contributed by atoms with Crippen molar-refractivity contribution in [2.75, 3.05) is 0 Å². The van der Waals surface area contributed by atoms with Crippen LogP contribution >= 0.6 is 0 Å². The Labute approximate surface area is 128 Å². The molecule has 0 aliphatic heterocycles. The first-order valence-corrected chi connectivity index (χ1v) is 8.72. The second kappa shape index (κ2) is 6.24. The van der Waals surface area contributed by atoms with Gasteiger partial charge in [-0.25, -0.2) is 0 Å². The van der Waals surface area contributed by atoms with Gasteiger partial charge < -0.3 is 0 Å². The maximum absolute atomic E-state index is 2.50. The summed E-state index contributed by atoms with van der Waals surface area (Å²) in [6, 6.07) is 0. The minimum absolute atomic E-state index is 0.424. The Morgan fingerprint density at radius 3 is 1.85 bits per heavy atom. The summed E-state index contributed by atoms with van der Waals surface area (Å²) in [5.41, 5.74) is 2.63. The zero-order valence-corrected chi connectivity index (χ0v) is 15.5. The lowest BCUT2D eigenvalue weighted by atomic mass is 9.53. The van der Waals surface area contributed by atoms with Crippen molar-refractivity contribution in [2.45, 2.75) is 81.6 Å². The van der Waals surface area contributed by atoms with Crippen LogP contribution in [0.4, 0.5) is 0 Å². The molecule has 0 aromatic heterocycles. The van der Waals surface area contributed by atoms with Crippen molar-refractivity contribution < 1.29 is 0 Å². The molecule has 1 aliphatic carbocycles. The van der Waals surface area contributed by atoms with Crippen LogP contribution in [0.3, 0.4) is 0 Å². The minimum atomic E-state index is 0.424. The lowest BCUT2D eigenvalue weighted by molar-refractivity contribution is 0.0545. The van der Waals surface area contributed by atoms with E-state index in [0.717, 1.165) is 23.7 Å². The van der Waals surface area contributed by atoms with Gasteiger partial charge in [-0.3, -0.25) is 0 Å². The smallest absolute Gasteiger partial charge is 0.0111 e. The number of rotatable bonds is 6. The standard InChI is InChI=1S/C20H38/c1-10-18(13-20(9,15(4)5)16(6)7)19(8)11-17(12-19)14(2)3/h10,14-17H,11-13H2,1-9H3/b18-10+.